The van der Waals surface area contributed by atoms with Crippen LogP contribution in [0.4, 0.5) is 0 Å². The van der Waals surface area contributed by atoms with Gasteiger partial charge in [-0.25, -0.2) is 0 Å². The van der Waals surface area contributed by atoms with Gasteiger partial charge in [-0.1, -0.05) is 12.1 Å². The quantitative estimate of drug-likeness (QED) is 0.773. The van der Waals surface area contributed by atoms with Crippen molar-refractivity contribution in [3.05, 3.63) is 11.9 Å². The highest BCUT2D eigenvalue weighted by molar-refractivity contribution is 5.89. The van der Waals surface area contributed by atoms with Crippen LogP contribution in [-0.2, 0) is 23.0 Å². The fourth-order valence-electron chi connectivity index (χ4n) is 2.49. The minimum atomic E-state index is -0.429. The number of hydrogen-bond acceptors (Lipinski definition) is 5. The molecule has 0 aliphatic carbocycles. The van der Waals surface area contributed by atoms with Crippen LogP contribution in [0.1, 0.15) is 26.0 Å². The fourth-order valence-corrected chi connectivity index (χ4v) is 2.49. The van der Waals surface area contributed by atoms with E-state index < -0.39 is 5.54 Å². The van der Waals surface area contributed by atoms with Crippen LogP contribution in [-0.4, -0.2) is 57.5 Å². The second-order valence-electron chi connectivity index (χ2n) is 5.21. The monoisotopic (exact) mass is 266 g/mol. The van der Waals surface area contributed by atoms with Crippen molar-refractivity contribution in [2.45, 2.75) is 32.2 Å². The number of morpholine rings is 1. The molecule has 0 N–H and O–H groups in total. The molecule has 0 spiro atoms. The minimum Gasteiger partial charge on any atom is -0.379 e. The Balaban J connectivity index is 2.08. The third kappa shape index (κ3) is 3.01. The number of carbonyl (C=O) groups excluding carboxylic acids is 1. The van der Waals surface area contributed by atoms with Gasteiger partial charge >= 0.3 is 0 Å². The van der Waals surface area contributed by atoms with Gasteiger partial charge in [0.05, 0.1) is 30.9 Å². The summed E-state index contributed by atoms with van der Waals surface area (Å²) in [4.78, 5) is 14.8. The summed E-state index contributed by atoms with van der Waals surface area (Å²) >= 11 is 0. The molecule has 1 saturated heterocycles. The zero-order valence-electron chi connectivity index (χ0n) is 11.9. The van der Waals surface area contributed by atoms with Gasteiger partial charge in [-0.3, -0.25) is 14.4 Å². The topological polar surface area (TPSA) is 60.2 Å². The molecule has 0 aromatic carbocycles. The number of nitrogens with zero attached hydrogens (tertiary/aromatic N) is 4. The van der Waals surface area contributed by atoms with Gasteiger partial charge in [-0.15, -0.1) is 5.10 Å². The molecule has 1 aliphatic rings. The van der Waals surface area contributed by atoms with Gasteiger partial charge in [0.15, 0.2) is 5.78 Å². The summed E-state index contributed by atoms with van der Waals surface area (Å²) in [5, 5.41) is 7.87. The Kier molecular flexibility index (Phi) is 4.31. The van der Waals surface area contributed by atoms with Crippen molar-refractivity contribution >= 4 is 5.78 Å². The Hall–Kier alpha value is -1.27. The smallest absolute Gasteiger partial charge is 0.158 e. The molecule has 106 valence electrons. The number of Topliss-reactive ketones (excluding diaryl/α,β-unsaturated/α-hetero) is 1. The molecule has 2 rings (SSSR count). The Morgan fingerprint density at radius 3 is 2.68 bits per heavy atom. The van der Waals surface area contributed by atoms with Crippen molar-refractivity contribution in [2.24, 2.45) is 7.05 Å². The first-order chi connectivity index (χ1) is 9.06. The largest absolute Gasteiger partial charge is 0.379 e. The fraction of sp³-hybridized carbons (Fsp3) is 0.769. The molecule has 2 heterocycles. The lowest BCUT2D eigenvalue weighted by atomic mass is 9.88. The molecule has 0 amide bonds. The number of ether oxygens (including phenoxy) is 1. The Morgan fingerprint density at radius 2 is 2.16 bits per heavy atom. The highest BCUT2D eigenvalue weighted by atomic mass is 16.5. The standard InChI is InChI=1S/C13H22N4O2/c1-4-13(2,17-5-7-19-8-6-17)12(18)9-11-10-16(3)15-14-11/h10H,4-9H2,1-3H3. The average molecular weight is 266 g/mol. The number of aryl methyl sites for hydroxylation is 1. The molecule has 1 aromatic heterocycles. The minimum absolute atomic E-state index is 0.206. The lowest BCUT2D eigenvalue weighted by molar-refractivity contribution is -0.133. The molecule has 1 atom stereocenters. The normalized spacial score (nSPS) is 20.2. The van der Waals surface area contributed by atoms with Gasteiger partial charge in [-0.2, -0.15) is 0 Å². The second-order valence-corrected chi connectivity index (χ2v) is 5.21. The summed E-state index contributed by atoms with van der Waals surface area (Å²) in [6.45, 7) is 7.12. The van der Waals surface area contributed by atoms with E-state index in [1.807, 2.05) is 14.0 Å². The first kappa shape index (κ1) is 14.1. The predicted molar refractivity (Wildman–Crippen MR) is 70.8 cm³/mol. The van der Waals surface area contributed by atoms with Crippen LogP contribution in [0.25, 0.3) is 0 Å². The van der Waals surface area contributed by atoms with Crippen LogP contribution in [0.3, 0.4) is 0 Å². The molecule has 1 unspecified atom stereocenters. The van der Waals surface area contributed by atoms with Crippen molar-refractivity contribution < 1.29 is 9.53 Å². The van der Waals surface area contributed by atoms with E-state index in [-0.39, 0.29) is 5.78 Å². The van der Waals surface area contributed by atoms with E-state index in [9.17, 15) is 4.79 Å². The predicted octanol–water partition coefficient (Wildman–Crippen LogP) is 0.428. The molecule has 1 fully saturated rings. The zero-order chi connectivity index (χ0) is 13.9. The van der Waals surface area contributed by atoms with Gasteiger partial charge in [0.2, 0.25) is 0 Å². The molecule has 0 saturated carbocycles. The number of aromatic nitrogens is 3. The lowest BCUT2D eigenvalue weighted by Crippen LogP contribution is -2.56. The molecular formula is C13H22N4O2. The average Bonchev–Trinajstić information content (AvgIpc) is 2.84. The summed E-state index contributed by atoms with van der Waals surface area (Å²) in [5.41, 5.74) is 0.307. The number of ketones is 1. The van der Waals surface area contributed by atoms with Crippen LogP contribution in [0.5, 0.6) is 0 Å². The summed E-state index contributed by atoms with van der Waals surface area (Å²) < 4.78 is 6.99. The van der Waals surface area contributed by atoms with Crippen LogP contribution >= 0.6 is 0 Å². The van der Waals surface area contributed by atoms with E-state index in [4.69, 9.17) is 4.74 Å². The lowest BCUT2D eigenvalue weighted by Gasteiger charge is -2.41. The second kappa shape index (κ2) is 5.79. The van der Waals surface area contributed by atoms with Crippen LogP contribution in [0, 0.1) is 0 Å². The molecule has 19 heavy (non-hydrogen) atoms. The summed E-state index contributed by atoms with van der Waals surface area (Å²) in [6.07, 6.45) is 2.94. The Labute approximate surface area is 113 Å². The maximum atomic E-state index is 12.6. The van der Waals surface area contributed by atoms with Gasteiger partial charge in [0, 0.05) is 26.3 Å². The highest BCUT2D eigenvalue weighted by Gasteiger charge is 2.38. The SMILES string of the molecule is CCC(C)(C(=O)Cc1cn(C)nn1)N1CCOCC1. The van der Waals surface area contributed by atoms with Crippen molar-refractivity contribution in [1.29, 1.82) is 0 Å². The van der Waals surface area contributed by atoms with Gasteiger partial charge in [0.25, 0.3) is 0 Å². The molecular weight excluding hydrogens is 244 g/mol. The van der Waals surface area contributed by atoms with Crippen LogP contribution < -0.4 is 0 Å². The van der Waals surface area contributed by atoms with E-state index in [0.717, 1.165) is 25.2 Å². The number of rotatable bonds is 5. The number of carbonyl (C=O) groups is 1. The summed E-state index contributed by atoms with van der Waals surface area (Å²) in [7, 11) is 1.81. The van der Waals surface area contributed by atoms with Crippen LogP contribution in [0.15, 0.2) is 6.20 Å². The molecule has 0 bridgehead atoms. The van der Waals surface area contributed by atoms with Crippen LogP contribution in [0.2, 0.25) is 0 Å². The van der Waals surface area contributed by atoms with E-state index in [1.165, 1.54) is 0 Å². The molecule has 6 heteroatoms. The van der Waals surface area contributed by atoms with Crippen molar-refractivity contribution in [1.82, 2.24) is 19.9 Å². The van der Waals surface area contributed by atoms with Crippen molar-refractivity contribution in [2.75, 3.05) is 26.3 Å². The third-order valence-electron chi connectivity index (χ3n) is 3.99. The molecule has 6 nitrogen and oxygen atoms in total. The zero-order valence-corrected chi connectivity index (χ0v) is 11.9. The first-order valence-corrected chi connectivity index (χ1v) is 6.77. The van der Waals surface area contributed by atoms with Gasteiger partial charge < -0.3 is 4.74 Å². The van der Waals surface area contributed by atoms with E-state index in [0.29, 0.717) is 19.6 Å². The van der Waals surface area contributed by atoms with Crippen molar-refractivity contribution in [3.63, 3.8) is 0 Å². The number of hydrogen-bond donors (Lipinski definition) is 0. The third-order valence-corrected chi connectivity index (χ3v) is 3.99. The van der Waals surface area contributed by atoms with E-state index in [1.54, 1.807) is 10.9 Å². The Morgan fingerprint density at radius 1 is 1.47 bits per heavy atom. The molecule has 0 radical (unpaired) electrons. The maximum absolute atomic E-state index is 12.6. The summed E-state index contributed by atoms with van der Waals surface area (Å²) in [6, 6.07) is 0. The van der Waals surface area contributed by atoms with Gasteiger partial charge in [-0.05, 0) is 13.3 Å². The van der Waals surface area contributed by atoms with E-state index >= 15 is 0 Å². The van der Waals surface area contributed by atoms with E-state index in [2.05, 4.69) is 22.1 Å². The van der Waals surface area contributed by atoms with Crippen molar-refractivity contribution in [3.8, 4) is 0 Å². The maximum Gasteiger partial charge on any atom is 0.158 e. The first-order valence-electron chi connectivity index (χ1n) is 6.77. The molecule has 1 aliphatic heterocycles. The molecule has 1 aromatic rings. The van der Waals surface area contributed by atoms with Gasteiger partial charge in [0.1, 0.15) is 0 Å². The Bertz CT molecular complexity index is 440. The summed E-state index contributed by atoms with van der Waals surface area (Å²) in [5.74, 6) is 0.206. The highest BCUT2D eigenvalue weighted by Crippen LogP contribution is 2.23.